The molecule has 0 fully saturated rings. The van der Waals surface area contributed by atoms with Gasteiger partial charge in [0.15, 0.2) is 5.82 Å². The predicted molar refractivity (Wildman–Crippen MR) is 106 cm³/mol. The SMILES string of the molecule is CCCS(=O)(=O)N1CCc2ccc(NC(=O)Nc3cccc(Cl)c3F)cc21. The second-order valence-electron chi connectivity index (χ2n) is 6.16. The first kappa shape index (κ1) is 19.4. The van der Waals surface area contributed by atoms with E-state index in [1.54, 1.807) is 18.2 Å². The highest BCUT2D eigenvalue weighted by atomic mass is 35.5. The minimum Gasteiger partial charge on any atom is -0.308 e. The monoisotopic (exact) mass is 411 g/mol. The number of sulfonamides is 1. The number of hydrogen-bond acceptors (Lipinski definition) is 3. The minimum absolute atomic E-state index is 0.0479. The zero-order chi connectivity index (χ0) is 19.6. The smallest absolute Gasteiger partial charge is 0.308 e. The molecule has 2 N–H and O–H groups in total. The molecular weight excluding hydrogens is 393 g/mol. The fraction of sp³-hybridized carbons (Fsp3) is 0.278. The third kappa shape index (κ3) is 4.17. The molecule has 1 aliphatic heterocycles. The van der Waals surface area contributed by atoms with Crippen LogP contribution in [0.3, 0.4) is 0 Å². The van der Waals surface area contributed by atoms with Gasteiger partial charge in [-0.2, -0.15) is 0 Å². The van der Waals surface area contributed by atoms with Gasteiger partial charge in [0.05, 0.1) is 22.2 Å². The summed E-state index contributed by atoms with van der Waals surface area (Å²) in [5, 5.41) is 4.88. The highest BCUT2D eigenvalue weighted by Crippen LogP contribution is 2.33. The molecule has 0 saturated heterocycles. The summed E-state index contributed by atoms with van der Waals surface area (Å²) in [5.41, 5.74) is 1.83. The molecule has 2 aromatic rings. The summed E-state index contributed by atoms with van der Waals surface area (Å²) < 4.78 is 40.1. The molecule has 0 aromatic heterocycles. The number of anilines is 3. The number of nitrogens with zero attached hydrogens (tertiary/aromatic N) is 1. The molecule has 0 bridgehead atoms. The van der Waals surface area contributed by atoms with E-state index in [0.29, 0.717) is 30.8 Å². The molecule has 0 saturated carbocycles. The lowest BCUT2D eigenvalue weighted by Crippen LogP contribution is -2.31. The molecule has 2 amide bonds. The number of carbonyl (C=O) groups is 1. The van der Waals surface area contributed by atoms with Crippen molar-refractivity contribution in [1.82, 2.24) is 0 Å². The molecule has 144 valence electrons. The Morgan fingerprint density at radius 2 is 2.04 bits per heavy atom. The van der Waals surface area contributed by atoms with Crippen LogP contribution in [0.2, 0.25) is 5.02 Å². The number of carbonyl (C=O) groups excluding carboxylic acids is 1. The van der Waals surface area contributed by atoms with Gasteiger partial charge in [0.25, 0.3) is 0 Å². The van der Waals surface area contributed by atoms with Gasteiger partial charge in [-0.05, 0) is 42.7 Å². The Bertz CT molecular complexity index is 982. The quantitative estimate of drug-likeness (QED) is 0.772. The molecular formula is C18H19ClFN3O3S. The van der Waals surface area contributed by atoms with Crippen molar-refractivity contribution in [3.05, 3.63) is 52.8 Å². The number of amides is 2. The fourth-order valence-electron chi connectivity index (χ4n) is 2.97. The van der Waals surface area contributed by atoms with Gasteiger partial charge in [0.1, 0.15) is 0 Å². The van der Waals surface area contributed by atoms with E-state index < -0.39 is 21.9 Å². The van der Waals surface area contributed by atoms with Crippen LogP contribution in [0, 0.1) is 5.82 Å². The zero-order valence-electron chi connectivity index (χ0n) is 14.6. The van der Waals surface area contributed by atoms with Crippen molar-refractivity contribution < 1.29 is 17.6 Å². The van der Waals surface area contributed by atoms with Crippen molar-refractivity contribution in [2.75, 3.05) is 27.2 Å². The molecule has 2 aromatic carbocycles. The van der Waals surface area contributed by atoms with Gasteiger partial charge in [0.2, 0.25) is 10.0 Å². The maximum Gasteiger partial charge on any atom is 0.323 e. The van der Waals surface area contributed by atoms with Crippen LogP contribution in [0.1, 0.15) is 18.9 Å². The second kappa shape index (κ2) is 7.74. The van der Waals surface area contributed by atoms with Crippen LogP contribution in [0.4, 0.5) is 26.2 Å². The lowest BCUT2D eigenvalue weighted by atomic mass is 10.1. The van der Waals surface area contributed by atoms with E-state index in [2.05, 4.69) is 10.6 Å². The highest BCUT2D eigenvalue weighted by Gasteiger charge is 2.29. The van der Waals surface area contributed by atoms with Crippen LogP contribution in [-0.4, -0.2) is 26.7 Å². The van der Waals surface area contributed by atoms with Crippen LogP contribution in [-0.2, 0) is 16.4 Å². The first-order valence-corrected chi connectivity index (χ1v) is 10.5. The lowest BCUT2D eigenvalue weighted by Gasteiger charge is -2.20. The Morgan fingerprint density at radius 3 is 2.78 bits per heavy atom. The standard InChI is InChI=1S/C18H19ClFN3O3S/c1-2-10-27(25,26)23-9-8-12-6-7-13(11-16(12)23)21-18(24)22-15-5-3-4-14(19)17(15)20/h3-7,11H,2,8-10H2,1H3,(H2,21,22,24). The Balaban J connectivity index is 1.77. The lowest BCUT2D eigenvalue weighted by molar-refractivity contribution is 0.262. The molecule has 1 aliphatic rings. The van der Waals surface area contributed by atoms with Crippen LogP contribution >= 0.6 is 11.6 Å². The normalized spacial score (nSPS) is 13.4. The number of urea groups is 1. The number of fused-ring (bicyclic) bond motifs is 1. The maximum absolute atomic E-state index is 13.9. The molecule has 0 unspecified atom stereocenters. The van der Waals surface area contributed by atoms with Crippen molar-refractivity contribution in [3.63, 3.8) is 0 Å². The first-order valence-electron chi connectivity index (χ1n) is 8.47. The molecule has 0 aliphatic carbocycles. The topological polar surface area (TPSA) is 78.5 Å². The highest BCUT2D eigenvalue weighted by molar-refractivity contribution is 7.92. The molecule has 6 nitrogen and oxygen atoms in total. The average Bonchev–Trinajstić information content (AvgIpc) is 3.03. The molecule has 0 atom stereocenters. The van der Waals surface area contributed by atoms with E-state index in [1.807, 2.05) is 6.92 Å². The van der Waals surface area contributed by atoms with Gasteiger partial charge in [-0.25, -0.2) is 17.6 Å². The maximum atomic E-state index is 13.9. The number of hydrogen-bond donors (Lipinski definition) is 2. The van der Waals surface area contributed by atoms with Crippen LogP contribution < -0.4 is 14.9 Å². The summed E-state index contributed by atoms with van der Waals surface area (Å²) in [7, 11) is -3.39. The van der Waals surface area contributed by atoms with Gasteiger partial charge in [-0.15, -0.1) is 0 Å². The minimum atomic E-state index is -3.39. The van der Waals surface area contributed by atoms with Crippen molar-refractivity contribution >= 4 is 44.7 Å². The van der Waals surface area contributed by atoms with Crippen LogP contribution in [0.15, 0.2) is 36.4 Å². The number of nitrogens with one attached hydrogen (secondary N) is 2. The Hall–Kier alpha value is -2.32. The van der Waals surface area contributed by atoms with Gasteiger partial charge in [-0.3, -0.25) is 4.31 Å². The third-order valence-corrected chi connectivity index (χ3v) is 6.46. The summed E-state index contributed by atoms with van der Waals surface area (Å²) in [6, 6.07) is 8.72. The van der Waals surface area contributed by atoms with E-state index in [0.717, 1.165) is 5.56 Å². The molecule has 1 heterocycles. The number of benzene rings is 2. The zero-order valence-corrected chi connectivity index (χ0v) is 16.2. The molecule has 0 radical (unpaired) electrons. The summed E-state index contributed by atoms with van der Waals surface area (Å²) in [6.45, 7) is 2.20. The Labute approximate surface area is 162 Å². The van der Waals surface area contributed by atoms with Crippen LogP contribution in [0.25, 0.3) is 0 Å². The molecule has 27 heavy (non-hydrogen) atoms. The first-order chi connectivity index (χ1) is 12.8. The second-order valence-corrected chi connectivity index (χ2v) is 8.58. The fourth-order valence-corrected chi connectivity index (χ4v) is 4.72. The van der Waals surface area contributed by atoms with Crippen molar-refractivity contribution in [2.45, 2.75) is 19.8 Å². The average molecular weight is 412 g/mol. The number of halogens is 2. The Morgan fingerprint density at radius 1 is 1.26 bits per heavy atom. The largest absolute Gasteiger partial charge is 0.323 e. The summed E-state index contributed by atoms with van der Waals surface area (Å²) >= 11 is 5.70. The van der Waals surface area contributed by atoms with E-state index in [4.69, 9.17) is 11.6 Å². The van der Waals surface area contributed by atoms with Gasteiger partial charge in [0, 0.05) is 12.2 Å². The molecule has 0 spiro atoms. The van der Waals surface area contributed by atoms with E-state index in [-0.39, 0.29) is 16.5 Å². The van der Waals surface area contributed by atoms with E-state index >= 15 is 0 Å². The number of rotatable bonds is 5. The van der Waals surface area contributed by atoms with Crippen molar-refractivity contribution in [2.24, 2.45) is 0 Å². The summed E-state index contributed by atoms with van der Waals surface area (Å²) in [5.74, 6) is -0.654. The third-order valence-electron chi connectivity index (χ3n) is 4.19. The van der Waals surface area contributed by atoms with Crippen LogP contribution in [0.5, 0.6) is 0 Å². The predicted octanol–water partition coefficient (Wildman–Crippen LogP) is 4.23. The van der Waals surface area contributed by atoms with Crippen molar-refractivity contribution in [1.29, 1.82) is 0 Å². The molecule has 3 rings (SSSR count). The van der Waals surface area contributed by atoms with Gasteiger partial charge < -0.3 is 10.6 Å². The van der Waals surface area contributed by atoms with Gasteiger partial charge >= 0.3 is 6.03 Å². The summed E-state index contributed by atoms with van der Waals surface area (Å²) in [6.07, 6.45) is 1.15. The summed E-state index contributed by atoms with van der Waals surface area (Å²) in [4.78, 5) is 12.2. The van der Waals surface area contributed by atoms with Gasteiger partial charge in [-0.1, -0.05) is 30.7 Å². The van der Waals surface area contributed by atoms with E-state index in [1.165, 1.54) is 22.5 Å². The Kier molecular flexibility index (Phi) is 5.57. The molecule has 9 heteroatoms. The van der Waals surface area contributed by atoms with Crippen molar-refractivity contribution in [3.8, 4) is 0 Å². The van der Waals surface area contributed by atoms with E-state index in [9.17, 15) is 17.6 Å².